The molecule has 0 spiro atoms. The number of benzene rings is 2. The lowest BCUT2D eigenvalue weighted by Crippen LogP contribution is -2.40. The molecule has 7 heteroatoms. The Balaban J connectivity index is 1.35. The van der Waals surface area contributed by atoms with Crippen LogP contribution in [0.1, 0.15) is 39.1 Å². The summed E-state index contributed by atoms with van der Waals surface area (Å²) in [6.45, 7) is 3.42. The number of nitrogens with one attached hydrogen (secondary N) is 1. The van der Waals surface area contributed by atoms with Crippen LogP contribution in [0, 0.1) is 0 Å². The van der Waals surface area contributed by atoms with Gasteiger partial charge < -0.3 is 19.9 Å². The van der Waals surface area contributed by atoms with Crippen molar-refractivity contribution < 1.29 is 19.1 Å². The first-order chi connectivity index (χ1) is 14.6. The summed E-state index contributed by atoms with van der Waals surface area (Å²) in [7, 11) is 0. The summed E-state index contributed by atoms with van der Waals surface area (Å²) in [5, 5.41) is 2.90. The monoisotopic (exact) mass is 407 g/mol. The second-order valence-corrected chi connectivity index (χ2v) is 7.48. The van der Waals surface area contributed by atoms with E-state index in [0.717, 1.165) is 17.7 Å². The summed E-state index contributed by atoms with van der Waals surface area (Å²) in [6.07, 6.45) is 1.40. The zero-order chi connectivity index (χ0) is 20.9. The van der Waals surface area contributed by atoms with Crippen molar-refractivity contribution in [2.45, 2.75) is 19.4 Å². The zero-order valence-electron chi connectivity index (χ0n) is 16.8. The third kappa shape index (κ3) is 4.52. The van der Waals surface area contributed by atoms with Crippen molar-refractivity contribution in [1.29, 1.82) is 0 Å². The maximum absolute atomic E-state index is 12.6. The van der Waals surface area contributed by atoms with E-state index in [0.29, 0.717) is 56.9 Å². The number of rotatable bonds is 5. The minimum atomic E-state index is -0.197. The maximum Gasteiger partial charge on any atom is 0.254 e. The summed E-state index contributed by atoms with van der Waals surface area (Å²) in [5.74, 6) is -0.0987. The van der Waals surface area contributed by atoms with Crippen molar-refractivity contribution in [3.8, 4) is 0 Å². The number of carbonyl (C=O) groups excluding carboxylic acids is 3. The highest BCUT2D eigenvalue weighted by Gasteiger charge is 2.22. The molecule has 156 valence electrons. The lowest BCUT2D eigenvalue weighted by atomic mass is 10.1. The fourth-order valence-electron chi connectivity index (χ4n) is 3.73. The first-order valence-corrected chi connectivity index (χ1v) is 10.3. The normalized spacial score (nSPS) is 16.6. The molecule has 0 radical (unpaired) electrons. The van der Waals surface area contributed by atoms with Gasteiger partial charge in [-0.25, -0.2) is 0 Å². The summed E-state index contributed by atoms with van der Waals surface area (Å²) in [4.78, 5) is 40.5. The van der Waals surface area contributed by atoms with Crippen LogP contribution in [-0.2, 0) is 16.1 Å². The third-order valence-corrected chi connectivity index (χ3v) is 5.45. The molecule has 0 bridgehead atoms. The molecule has 3 amide bonds. The average molecular weight is 407 g/mol. The Morgan fingerprint density at radius 3 is 2.43 bits per heavy atom. The topological polar surface area (TPSA) is 79.0 Å². The minimum absolute atomic E-state index is 0.00200. The van der Waals surface area contributed by atoms with Gasteiger partial charge in [0.05, 0.1) is 13.2 Å². The summed E-state index contributed by atoms with van der Waals surface area (Å²) < 4.78 is 5.28. The number of carbonyl (C=O) groups is 3. The van der Waals surface area contributed by atoms with E-state index in [1.165, 1.54) is 0 Å². The Morgan fingerprint density at radius 1 is 0.967 bits per heavy atom. The van der Waals surface area contributed by atoms with Gasteiger partial charge in [-0.1, -0.05) is 18.2 Å². The highest BCUT2D eigenvalue weighted by Crippen LogP contribution is 2.22. The SMILES string of the molecule is O=C(NCc1ccc(C(=O)N2CCOCC2)cc1)c1cccc(N2CCCC2=O)c1. The quantitative estimate of drug-likeness (QED) is 0.824. The molecular weight excluding hydrogens is 382 g/mol. The summed E-state index contributed by atoms with van der Waals surface area (Å²) in [6, 6.07) is 14.4. The molecule has 7 nitrogen and oxygen atoms in total. The average Bonchev–Trinajstić information content (AvgIpc) is 3.24. The lowest BCUT2D eigenvalue weighted by Gasteiger charge is -2.26. The second kappa shape index (κ2) is 9.09. The molecule has 0 aliphatic carbocycles. The fourth-order valence-corrected chi connectivity index (χ4v) is 3.73. The van der Waals surface area contributed by atoms with Crippen molar-refractivity contribution in [3.05, 3.63) is 65.2 Å². The molecule has 2 fully saturated rings. The van der Waals surface area contributed by atoms with E-state index in [1.54, 1.807) is 40.1 Å². The van der Waals surface area contributed by atoms with Crippen LogP contribution in [-0.4, -0.2) is 55.5 Å². The standard InChI is InChI=1S/C23H25N3O4/c27-21-5-2-10-26(21)20-4-1-3-19(15-20)22(28)24-16-17-6-8-18(9-7-17)23(29)25-11-13-30-14-12-25/h1,3-4,6-9,15H,2,5,10-14,16H2,(H,24,28). The van der Waals surface area contributed by atoms with Gasteiger partial charge >= 0.3 is 0 Å². The Hall–Kier alpha value is -3.19. The van der Waals surface area contributed by atoms with Crippen molar-refractivity contribution in [3.63, 3.8) is 0 Å². The van der Waals surface area contributed by atoms with Gasteiger partial charge in [-0.2, -0.15) is 0 Å². The number of hydrogen-bond donors (Lipinski definition) is 1. The van der Waals surface area contributed by atoms with Gasteiger partial charge in [-0.05, 0) is 42.3 Å². The predicted molar refractivity (Wildman–Crippen MR) is 112 cm³/mol. The van der Waals surface area contributed by atoms with Gasteiger partial charge in [0.25, 0.3) is 11.8 Å². The van der Waals surface area contributed by atoms with Gasteiger partial charge in [0.2, 0.25) is 5.91 Å². The molecule has 2 aliphatic heterocycles. The smallest absolute Gasteiger partial charge is 0.254 e. The van der Waals surface area contributed by atoms with Crippen LogP contribution >= 0.6 is 0 Å². The highest BCUT2D eigenvalue weighted by molar-refractivity contribution is 5.99. The molecule has 0 saturated carbocycles. The molecule has 2 aliphatic rings. The van der Waals surface area contributed by atoms with E-state index < -0.39 is 0 Å². The predicted octanol–water partition coefficient (Wildman–Crippen LogP) is 2.22. The van der Waals surface area contributed by atoms with Crippen molar-refractivity contribution in [1.82, 2.24) is 10.2 Å². The number of ether oxygens (including phenoxy) is 1. The molecule has 2 heterocycles. The van der Waals surface area contributed by atoms with E-state index in [9.17, 15) is 14.4 Å². The zero-order valence-corrected chi connectivity index (χ0v) is 16.8. The van der Waals surface area contributed by atoms with E-state index in [4.69, 9.17) is 4.74 Å². The fraction of sp³-hybridized carbons (Fsp3) is 0.348. The van der Waals surface area contributed by atoms with Gasteiger partial charge in [-0.15, -0.1) is 0 Å². The van der Waals surface area contributed by atoms with Crippen LogP contribution in [0.3, 0.4) is 0 Å². The van der Waals surface area contributed by atoms with Crippen LogP contribution in [0.2, 0.25) is 0 Å². The Bertz CT molecular complexity index is 936. The maximum atomic E-state index is 12.6. The number of nitrogens with zero attached hydrogens (tertiary/aromatic N) is 2. The van der Waals surface area contributed by atoms with Crippen molar-refractivity contribution in [2.24, 2.45) is 0 Å². The van der Waals surface area contributed by atoms with Gasteiger partial charge in [0.15, 0.2) is 0 Å². The van der Waals surface area contributed by atoms with E-state index in [2.05, 4.69) is 5.32 Å². The molecule has 2 aromatic carbocycles. The molecule has 4 rings (SSSR count). The third-order valence-electron chi connectivity index (χ3n) is 5.45. The summed E-state index contributed by atoms with van der Waals surface area (Å²) in [5.41, 5.74) is 2.82. The second-order valence-electron chi connectivity index (χ2n) is 7.48. The van der Waals surface area contributed by atoms with Crippen LogP contribution in [0.25, 0.3) is 0 Å². The van der Waals surface area contributed by atoms with Crippen LogP contribution in [0.4, 0.5) is 5.69 Å². The van der Waals surface area contributed by atoms with E-state index >= 15 is 0 Å². The Morgan fingerprint density at radius 2 is 1.73 bits per heavy atom. The van der Waals surface area contributed by atoms with Crippen molar-refractivity contribution >= 4 is 23.4 Å². The van der Waals surface area contributed by atoms with E-state index in [-0.39, 0.29) is 17.7 Å². The van der Waals surface area contributed by atoms with Gasteiger partial charge in [0, 0.05) is 49.4 Å². The number of morpholine rings is 1. The number of hydrogen-bond acceptors (Lipinski definition) is 4. The first kappa shape index (κ1) is 20.1. The van der Waals surface area contributed by atoms with Gasteiger partial charge in [0.1, 0.15) is 0 Å². The molecule has 0 unspecified atom stereocenters. The lowest BCUT2D eigenvalue weighted by molar-refractivity contribution is -0.117. The Labute approximate surface area is 175 Å². The van der Waals surface area contributed by atoms with Crippen molar-refractivity contribution in [2.75, 3.05) is 37.7 Å². The molecule has 0 aromatic heterocycles. The summed E-state index contributed by atoms with van der Waals surface area (Å²) >= 11 is 0. The molecule has 1 N–H and O–H groups in total. The molecule has 2 aromatic rings. The highest BCUT2D eigenvalue weighted by atomic mass is 16.5. The Kier molecular flexibility index (Phi) is 6.09. The van der Waals surface area contributed by atoms with E-state index in [1.807, 2.05) is 18.2 Å². The van der Waals surface area contributed by atoms with Crippen LogP contribution < -0.4 is 10.2 Å². The van der Waals surface area contributed by atoms with Crippen LogP contribution in [0.5, 0.6) is 0 Å². The molecule has 2 saturated heterocycles. The molecular formula is C23H25N3O4. The van der Waals surface area contributed by atoms with Crippen LogP contribution in [0.15, 0.2) is 48.5 Å². The first-order valence-electron chi connectivity index (χ1n) is 10.3. The molecule has 0 atom stereocenters. The number of anilines is 1. The minimum Gasteiger partial charge on any atom is -0.378 e. The van der Waals surface area contributed by atoms with Gasteiger partial charge in [-0.3, -0.25) is 14.4 Å². The largest absolute Gasteiger partial charge is 0.378 e. The molecule has 30 heavy (non-hydrogen) atoms. The number of amides is 3.